The van der Waals surface area contributed by atoms with E-state index in [0.29, 0.717) is 48.1 Å². The van der Waals surface area contributed by atoms with Gasteiger partial charge in [0.1, 0.15) is 22.9 Å². The largest absolute Gasteiger partial charge is 0.465 e. The summed E-state index contributed by atoms with van der Waals surface area (Å²) in [5.41, 5.74) is 1.05. The van der Waals surface area contributed by atoms with E-state index in [1.165, 1.54) is 13.2 Å². The Hall–Kier alpha value is -2.83. The van der Waals surface area contributed by atoms with Gasteiger partial charge >= 0.3 is 5.97 Å². The zero-order chi connectivity index (χ0) is 18.2. The highest BCUT2D eigenvalue weighted by molar-refractivity contribution is 5.90. The van der Waals surface area contributed by atoms with E-state index in [2.05, 4.69) is 15.6 Å². The Bertz CT molecular complexity index is 756. The summed E-state index contributed by atoms with van der Waals surface area (Å²) in [5, 5.41) is 6.19. The number of carbonyl (C=O) groups is 1. The molecule has 0 atom stereocenters. The number of benzene rings is 1. The lowest BCUT2D eigenvalue weighted by atomic mass is 10.1. The highest BCUT2D eigenvalue weighted by Crippen LogP contribution is 2.15. The molecule has 25 heavy (non-hydrogen) atoms. The molecular formula is C18H22FN3O3. The molecule has 134 valence electrons. The SMILES string of the molecule is CN=C(NCCc1ccccc1F)NCc1cc(C(=O)OC)c(C)o1. The Kier molecular flexibility index (Phi) is 6.56. The molecule has 0 amide bonds. The second-order valence-electron chi connectivity index (χ2n) is 5.37. The molecular weight excluding hydrogens is 325 g/mol. The molecule has 0 radical (unpaired) electrons. The second kappa shape index (κ2) is 8.86. The summed E-state index contributed by atoms with van der Waals surface area (Å²) in [4.78, 5) is 15.7. The van der Waals surface area contributed by atoms with Crippen LogP contribution in [-0.2, 0) is 17.7 Å². The Balaban J connectivity index is 1.84. The molecule has 0 unspecified atom stereocenters. The summed E-state index contributed by atoms with van der Waals surface area (Å²) < 4.78 is 23.8. The maximum atomic E-state index is 13.6. The quantitative estimate of drug-likeness (QED) is 0.477. The van der Waals surface area contributed by atoms with Crippen LogP contribution >= 0.6 is 0 Å². The Morgan fingerprint density at radius 1 is 1.32 bits per heavy atom. The summed E-state index contributed by atoms with van der Waals surface area (Å²) in [6, 6.07) is 8.32. The normalized spacial score (nSPS) is 11.3. The average Bonchev–Trinajstić information content (AvgIpc) is 2.99. The van der Waals surface area contributed by atoms with E-state index in [0.717, 1.165) is 0 Å². The number of furan rings is 1. The fraction of sp³-hybridized carbons (Fsp3) is 0.333. The Labute approximate surface area is 146 Å². The van der Waals surface area contributed by atoms with Gasteiger partial charge in [0.05, 0.1) is 13.7 Å². The number of halogens is 1. The van der Waals surface area contributed by atoms with Crippen LogP contribution in [0.15, 0.2) is 39.7 Å². The van der Waals surface area contributed by atoms with Gasteiger partial charge in [-0.15, -0.1) is 0 Å². The summed E-state index contributed by atoms with van der Waals surface area (Å²) in [5.74, 6) is 1.01. The smallest absolute Gasteiger partial charge is 0.341 e. The number of carbonyl (C=O) groups excluding carboxylic acids is 1. The van der Waals surface area contributed by atoms with Crippen LogP contribution in [0.5, 0.6) is 0 Å². The zero-order valence-corrected chi connectivity index (χ0v) is 14.6. The van der Waals surface area contributed by atoms with E-state index in [-0.39, 0.29) is 5.82 Å². The summed E-state index contributed by atoms with van der Waals surface area (Å²) >= 11 is 0. The number of rotatable bonds is 6. The van der Waals surface area contributed by atoms with Gasteiger partial charge in [-0.1, -0.05) is 18.2 Å². The number of nitrogens with one attached hydrogen (secondary N) is 2. The maximum Gasteiger partial charge on any atom is 0.341 e. The lowest BCUT2D eigenvalue weighted by Crippen LogP contribution is -2.37. The van der Waals surface area contributed by atoms with Gasteiger partial charge in [0.25, 0.3) is 0 Å². The number of nitrogens with zero attached hydrogens (tertiary/aromatic N) is 1. The van der Waals surface area contributed by atoms with Crippen molar-refractivity contribution in [1.29, 1.82) is 0 Å². The van der Waals surface area contributed by atoms with E-state index in [1.807, 2.05) is 6.07 Å². The number of ether oxygens (including phenoxy) is 1. The lowest BCUT2D eigenvalue weighted by molar-refractivity contribution is 0.0599. The lowest BCUT2D eigenvalue weighted by Gasteiger charge is -2.11. The number of aliphatic imine (C=N–C) groups is 1. The summed E-state index contributed by atoms with van der Waals surface area (Å²) in [7, 11) is 2.97. The molecule has 7 heteroatoms. The van der Waals surface area contributed by atoms with Gasteiger partial charge in [-0.25, -0.2) is 9.18 Å². The number of guanidine groups is 1. The molecule has 1 aromatic carbocycles. The monoisotopic (exact) mass is 347 g/mol. The average molecular weight is 347 g/mol. The van der Waals surface area contributed by atoms with Crippen molar-refractivity contribution < 1.29 is 18.3 Å². The van der Waals surface area contributed by atoms with Gasteiger partial charge in [-0.3, -0.25) is 4.99 Å². The van der Waals surface area contributed by atoms with E-state index in [9.17, 15) is 9.18 Å². The third-order valence-electron chi connectivity index (χ3n) is 3.67. The van der Waals surface area contributed by atoms with Crippen molar-refractivity contribution in [2.75, 3.05) is 20.7 Å². The van der Waals surface area contributed by atoms with Crippen LogP contribution in [0.25, 0.3) is 0 Å². The van der Waals surface area contributed by atoms with Crippen molar-refractivity contribution in [1.82, 2.24) is 10.6 Å². The van der Waals surface area contributed by atoms with Crippen molar-refractivity contribution in [3.63, 3.8) is 0 Å². The molecule has 1 aromatic heterocycles. The molecule has 2 aromatic rings. The minimum atomic E-state index is -0.431. The molecule has 1 heterocycles. The van der Waals surface area contributed by atoms with Gasteiger partial charge in [-0.2, -0.15) is 0 Å². The Morgan fingerprint density at radius 3 is 2.76 bits per heavy atom. The first-order chi connectivity index (χ1) is 12.0. The van der Waals surface area contributed by atoms with E-state index in [1.54, 1.807) is 32.2 Å². The zero-order valence-electron chi connectivity index (χ0n) is 14.6. The molecule has 0 bridgehead atoms. The molecule has 0 aliphatic rings. The first-order valence-corrected chi connectivity index (χ1v) is 7.90. The van der Waals surface area contributed by atoms with Crippen molar-refractivity contribution in [3.05, 3.63) is 58.8 Å². The number of esters is 1. The molecule has 0 aliphatic heterocycles. The van der Waals surface area contributed by atoms with Crippen molar-refractivity contribution >= 4 is 11.9 Å². The van der Waals surface area contributed by atoms with Crippen LogP contribution in [0.2, 0.25) is 0 Å². The van der Waals surface area contributed by atoms with E-state index in [4.69, 9.17) is 9.15 Å². The minimum Gasteiger partial charge on any atom is -0.465 e. The van der Waals surface area contributed by atoms with Gasteiger partial charge in [0.15, 0.2) is 5.96 Å². The molecule has 0 saturated heterocycles. The van der Waals surface area contributed by atoms with E-state index >= 15 is 0 Å². The molecule has 0 spiro atoms. The van der Waals surface area contributed by atoms with Crippen LogP contribution in [0, 0.1) is 12.7 Å². The fourth-order valence-electron chi connectivity index (χ4n) is 2.35. The first kappa shape index (κ1) is 18.5. The second-order valence-corrected chi connectivity index (χ2v) is 5.37. The van der Waals surface area contributed by atoms with Crippen LogP contribution < -0.4 is 10.6 Å². The fourth-order valence-corrected chi connectivity index (χ4v) is 2.35. The van der Waals surface area contributed by atoms with Gasteiger partial charge in [-0.05, 0) is 31.0 Å². The predicted octanol–water partition coefficient (Wildman–Crippen LogP) is 2.42. The number of methoxy groups -OCH3 is 1. The maximum absolute atomic E-state index is 13.6. The molecule has 2 N–H and O–H groups in total. The number of hydrogen-bond donors (Lipinski definition) is 2. The van der Waals surface area contributed by atoms with E-state index < -0.39 is 5.97 Å². The Morgan fingerprint density at radius 2 is 2.08 bits per heavy atom. The van der Waals surface area contributed by atoms with Crippen LogP contribution in [0.3, 0.4) is 0 Å². The highest BCUT2D eigenvalue weighted by Gasteiger charge is 2.15. The van der Waals surface area contributed by atoms with Crippen LogP contribution in [0.4, 0.5) is 4.39 Å². The summed E-state index contributed by atoms with van der Waals surface area (Å²) in [6.07, 6.45) is 0.541. The number of aryl methyl sites for hydroxylation is 1. The molecule has 2 rings (SSSR count). The standard InChI is InChI=1S/C18H22FN3O3/c1-12-15(17(23)24-3)10-14(25-12)11-22-18(20-2)21-9-8-13-6-4-5-7-16(13)19/h4-7,10H,8-9,11H2,1-3H3,(H2,20,21,22). The van der Waals surface area contributed by atoms with Gasteiger partial charge in [0, 0.05) is 13.6 Å². The third-order valence-corrected chi connectivity index (χ3v) is 3.67. The molecule has 6 nitrogen and oxygen atoms in total. The van der Waals surface area contributed by atoms with Crippen LogP contribution in [0.1, 0.15) is 27.4 Å². The van der Waals surface area contributed by atoms with Crippen LogP contribution in [-0.4, -0.2) is 32.6 Å². The highest BCUT2D eigenvalue weighted by atomic mass is 19.1. The minimum absolute atomic E-state index is 0.214. The molecule has 0 fully saturated rings. The van der Waals surface area contributed by atoms with Gasteiger partial charge < -0.3 is 19.8 Å². The first-order valence-electron chi connectivity index (χ1n) is 7.90. The number of hydrogen-bond acceptors (Lipinski definition) is 4. The van der Waals surface area contributed by atoms with Crippen molar-refractivity contribution in [2.24, 2.45) is 4.99 Å². The molecule has 0 aliphatic carbocycles. The predicted molar refractivity (Wildman–Crippen MR) is 93.1 cm³/mol. The van der Waals surface area contributed by atoms with Crippen molar-refractivity contribution in [2.45, 2.75) is 19.9 Å². The molecule has 0 saturated carbocycles. The summed E-state index contributed by atoms with van der Waals surface area (Å²) in [6.45, 7) is 2.60. The van der Waals surface area contributed by atoms with Crippen molar-refractivity contribution in [3.8, 4) is 0 Å². The topological polar surface area (TPSA) is 75.9 Å². The third kappa shape index (κ3) is 5.07. The van der Waals surface area contributed by atoms with Gasteiger partial charge in [0.2, 0.25) is 0 Å².